The molecule has 1 aromatic carbocycles. The SMILES string of the molecule is CCOC(=O)C1CCN(C(=O)C2CCN(Cc3nc(-c4ccc(C)cc4)no3)CC2)CC1. The average molecular weight is 441 g/mol. The molecule has 1 aromatic heterocycles. The van der Waals surface area contributed by atoms with E-state index >= 15 is 0 Å². The zero-order chi connectivity index (χ0) is 22.5. The lowest BCUT2D eigenvalue weighted by molar-refractivity contribution is -0.152. The summed E-state index contributed by atoms with van der Waals surface area (Å²) in [5.41, 5.74) is 2.14. The zero-order valence-corrected chi connectivity index (χ0v) is 19.0. The Labute approximate surface area is 188 Å². The number of hydrogen-bond donors (Lipinski definition) is 0. The van der Waals surface area contributed by atoms with Gasteiger partial charge in [0.1, 0.15) is 0 Å². The molecule has 2 aliphatic heterocycles. The van der Waals surface area contributed by atoms with Gasteiger partial charge in [-0.3, -0.25) is 14.5 Å². The minimum absolute atomic E-state index is 0.0520. The summed E-state index contributed by atoms with van der Waals surface area (Å²) in [6.45, 7) is 7.84. The molecule has 0 unspecified atom stereocenters. The highest BCUT2D eigenvalue weighted by Gasteiger charge is 2.33. The second kappa shape index (κ2) is 10.3. The first-order valence-corrected chi connectivity index (χ1v) is 11.6. The molecule has 3 heterocycles. The van der Waals surface area contributed by atoms with Crippen molar-refractivity contribution in [2.24, 2.45) is 11.8 Å². The van der Waals surface area contributed by atoms with E-state index in [9.17, 15) is 9.59 Å². The van der Waals surface area contributed by atoms with Crippen molar-refractivity contribution in [2.45, 2.75) is 46.1 Å². The number of hydrogen-bond acceptors (Lipinski definition) is 7. The van der Waals surface area contributed by atoms with E-state index in [1.165, 1.54) is 5.56 Å². The lowest BCUT2D eigenvalue weighted by atomic mass is 9.92. The van der Waals surface area contributed by atoms with Gasteiger partial charge in [-0.2, -0.15) is 4.98 Å². The van der Waals surface area contributed by atoms with Crippen LogP contribution in [0.5, 0.6) is 0 Å². The molecule has 8 nitrogen and oxygen atoms in total. The van der Waals surface area contributed by atoms with E-state index in [2.05, 4.69) is 15.0 Å². The minimum Gasteiger partial charge on any atom is -0.466 e. The molecule has 2 aliphatic rings. The van der Waals surface area contributed by atoms with Gasteiger partial charge in [0.05, 0.1) is 19.1 Å². The minimum atomic E-state index is -0.125. The molecule has 2 saturated heterocycles. The molecule has 0 radical (unpaired) electrons. The van der Waals surface area contributed by atoms with E-state index in [0.717, 1.165) is 31.5 Å². The van der Waals surface area contributed by atoms with Crippen LogP contribution in [0.15, 0.2) is 28.8 Å². The first-order valence-electron chi connectivity index (χ1n) is 11.6. The number of carbonyl (C=O) groups is 2. The number of carbonyl (C=O) groups excluding carboxylic acids is 2. The van der Waals surface area contributed by atoms with Gasteiger partial charge in [0.25, 0.3) is 0 Å². The lowest BCUT2D eigenvalue weighted by Gasteiger charge is -2.36. The van der Waals surface area contributed by atoms with Crippen LogP contribution in [0.25, 0.3) is 11.4 Å². The van der Waals surface area contributed by atoms with Crippen molar-refractivity contribution in [1.29, 1.82) is 0 Å². The Morgan fingerprint density at radius 2 is 1.69 bits per heavy atom. The predicted octanol–water partition coefficient (Wildman–Crippen LogP) is 3.06. The van der Waals surface area contributed by atoms with Crippen LogP contribution in [-0.4, -0.2) is 64.6 Å². The maximum Gasteiger partial charge on any atom is 0.309 e. The monoisotopic (exact) mass is 440 g/mol. The number of esters is 1. The molecule has 0 saturated carbocycles. The fourth-order valence-electron chi connectivity index (χ4n) is 4.52. The molecule has 2 fully saturated rings. The second-order valence-corrected chi connectivity index (χ2v) is 8.78. The van der Waals surface area contributed by atoms with Crippen molar-refractivity contribution < 1.29 is 18.8 Å². The van der Waals surface area contributed by atoms with Crippen LogP contribution in [0.2, 0.25) is 0 Å². The number of rotatable bonds is 6. The Kier molecular flexibility index (Phi) is 7.19. The summed E-state index contributed by atoms with van der Waals surface area (Å²) in [4.78, 5) is 33.6. The van der Waals surface area contributed by atoms with E-state index in [0.29, 0.717) is 50.8 Å². The lowest BCUT2D eigenvalue weighted by Crippen LogP contribution is -2.46. The number of amides is 1. The van der Waals surface area contributed by atoms with Crippen molar-refractivity contribution in [3.63, 3.8) is 0 Å². The van der Waals surface area contributed by atoms with E-state index in [4.69, 9.17) is 9.26 Å². The number of piperidine rings is 2. The topological polar surface area (TPSA) is 88.8 Å². The normalized spacial score (nSPS) is 18.6. The predicted molar refractivity (Wildman–Crippen MR) is 118 cm³/mol. The molecule has 1 amide bonds. The Bertz CT molecular complexity index is 910. The highest BCUT2D eigenvalue weighted by atomic mass is 16.5. The standard InChI is InChI=1S/C24H32N4O4/c1-3-31-24(30)20-10-14-28(15-11-20)23(29)19-8-12-27(13-9-19)16-21-25-22(26-32-21)18-6-4-17(2)5-7-18/h4-7,19-20H,3,8-16H2,1-2H3. The Morgan fingerprint density at radius 3 is 2.34 bits per heavy atom. The fraction of sp³-hybridized carbons (Fsp3) is 0.583. The highest BCUT2D eigenvalue weighted by Crippen LogP contribution is 2.25. The summed E-state index contributed by atoms with van der Waals surface area (Å²) in [5, 5.41) is 4.11. The summed E-state index contributed by atoms with van der Waals surface area (Å²) >= 11 is 0. The number of aromatic nitrogens is 2. The molecule has 32 heavy (non-hydrogen) atoms. The van der Waals surface area contributed by atoms with Gasteiger partial charge < -0.3 is 14.2 Å². The van der Waals surface area contributed by atoms with Crippen molar-refractivity contribution in [1.82, 2.24) is 19.9 Å². The van der Waals surface area contributed by atoms with Crippen molar-refractivity contribution in [3.8, 4) is 11.4 Å². The largest absolute Gasteiger partial charge is 0.466 e. The summed E-state index contributed by atoms with van der Waals surface area (Å²) in [5.74, 6) is 1.30. The molecule has 0 atom stereocenters. The van der Waals surface area contributed by atoms with Gasteiger partial charge in [-0.25, -0.2) is 0 Å². The van der Waals surface area contributed by atoms with E-state index < -0.39 is 0 Å². The number of likely N-dealkylation sites (tertiary alicyclic amines) is 2. The smallest absolute Gasteiger partial charge is 0.309 e. The third-order valence-electron chi connectivity index (χ3n) is 6.50. The van der Waals surface area contributed by atoms with Gasteiger partial charge in [-0.1, -0.05) is 35.0 Å². The van der Waals surface area contributed by atoms with Crippen LogP contribution in [0.1, 0.15) is 44.1 Å². The van der Waals surface area contributed by atoms with Gasteiger partial charge in [0.2, 0.25) is 17.6 Å². The molecule has 172 valence electrons. The van der Waals surface area contributed by atoms with Gasteiger partial charge >= 0.3 is 5.97 Å². The molecular formula is C24H32N4O4. The molecule has 0 bridgehead atoms. The van der Waals surface area contributed by atoms with Crippen molar-refractivity contribution in [2.75, 3.05) is 32.8 Å². The van der Waals surface area contributed by atoms with Crippen molar-refractivity contribution in [3.05, 3.63) is 35.7 Å². The van der Waals surface area contributed by atoms with Gasteiger partial charge in [0.15, 0.2) is 0 Å². The first-order chi connectivity index (χ1) is 15.5. The summed E-state index contributed by atoms with van der Waals surface area (Å²) in [6, 6.07) is 8.06. The third kappa shape index (κ3) is 5.35. The van der Waals surface area contributed by atoms with E-state index in [1.54, 1.807) is 0 Å². The van der Waals surface area contributed by atoms with Gasteiger partial charge in [0, 0.05) is 24.6 Å². The maximum absolute atomic E-state index is 13.0. The molecule has 0 N–H and O–H groups in total. The van der Waals surface area contributed by atoms with E-state index in [1.807, 2.05) is 43.0 Å². The quantitative estimate of drug-likeness (QED) is 0.638. The maximum atomic E-state index is 13.0. The Hall–Kier alpha value is -2.74. The van der Waals surface area contributed by atoms with Gasteiger partial charge in [-0.05, 0) is 52.6 Å². The summed E-state index contributed by atoms with van der Waals surface area (Å²) in [6.07, 6.45) is 3.05. The molecule has 8 heteroatoms. The number of nitrogens with zero attached hydrogens (tertiary/aromatic N) is 4. The Morgan fingerprint density at radius 1 is 1.03 bits per heavy atom. The van der Waals surface area contributed by atoms with Crippen LogP contribution in [0.4, 0.5) is 0 Å². The molecular weight excluding hydrogens is 408 g/mol. The fourth-order valence-corrected chi connectivity index (χ4v) is 4.52. The highest BCUT2D eigenvalue weighted by molar-refractivity contribution is 5.79. The van der Waals surface area contributed by atoms with Crippen LogP contribution >= 0.6 is 0 Å². The molecule has 2 aromatic rings. The first kappa shape index (κ1) is 22.5. The average Bonchev–Trinajstić information content (AvgIpc) is 3.28. The van der Waals surface area contributed by atoms with Crippen molar-refractivity contribution >= 4 is 11.9 Å². The molecule has 0 aliphatic carbocycles. The zero-order valence-electron chi connectivity index (χ0n) is 19.0. The molecule has 0 spiro atoms. The number of ether oxygens (including phenoxy) is 1. The third-order valence-corrected chi connectivity index (χ3v) is 6.50. The number of benzene rings is 1. The van der Waals surface area contributed by atoms with Crippen LogP contribution < -0.4 is 0 Å². The van der Waals surface area contributed by atoms with E-state index in [-0.39, 0.29) is 23.7 Å². The van der Waals surface area contributed by atoms with Gasteiger partial charge in [-0.15, -0.1) is 0 Å². The van der Waals surface area contributed by atoms with Crippen LogP contribution in [0, 0.1) is 18.8 Å². The summed E-state index contributed by atoms with van der Waals surface area (Å²) in [7, 11) is 0. The Balaban J connectivity index is 1.23. The summed E-state index contributed by atoms with van der Waals surface area (Å²) < 4.78 is 10.6. The second-order valence-electron chi connectivity index (χ2n) is 8.78. The van der Waals surface area contributed by atoms with Crippen LogP contribution in [0.3, 0.4) is 0 Å². The van der Waals surface area contributed by atoms with Crippen LogP contribution in [-0.2, 0) is 20.9 Å². The molecule has 4 rings (SSSR count). The number of aryl methyl sites for hydroxylation is 1.